The highest BCUT2D eigenvalue weighted by Gasteiger charge is 2.37. The molecule has 6 nitrogen and oxygen atoms in total. The average Bonchev–Trinajstić information content (AvgIpc) is 2.71. The SMILES string of the molecule is CCNC(=O)NCCN1CCC(CNC(=O)c2cc(C(F)(F)F)cc(C(F)(F)F)c2)CC1. The average molecular weight is 468 g/mol. The first-order chi connectivity index (χ1) is 14.9. The summed E-state index contributed by atoms with van der Waals surface area (Å²) in [6.07, 6.45) is -8.60. The Kier molecular flexibility index (Phi) is 8.76. The van der Waals surface area contributed by atoms with Gasteiger partial charge in [-0.1, -0.05) is 0 Å². The quantitative estimate of drug-likeness (QED) is 0.537. The van der Waals surface area contributed by atoms with Gasteiger partial charge < -0.3 is 20.9 Å². The second-order valence-electron chi connectivity index (χ2n) is 7.58. The molecular formula is C20H26F6N4O2. The number of rotatable bonds is 7. The van der Waals surface area contributed by atoms with E-state index in [1.54, 1.807) is 0 Å². The number of nitrogens with one attached hydrogen (secondary N) is 3. The van der Waals surface area contributed by atoms with Crippen LogP contribution in [-0.4, -0.2) is 56.1 Å². The highest BCUT2D eigenvalue weighted by Crippen LogP contribution is 2.36. The lowest BCUT2D eigenvalue weighted by atomic mass is 9.96. The number of amides is 3. The van der Waals surface area contributed by atoms with E-state index >= 15 is 0 Å². The lowest BCUT2D eigenvalue weighted by Crippen LogP contribution is -2.43. The van der Waals surface area contributed by atoms with E-state index in [-0.39, 0.29) is 24.6 Å². The van der Waals surface area contributed by atoms with Gasteiger partial charge >= 0.3 is 18.4 Å². The number of urea groups is 1. The number of halogens is 6. The number of likely N-dealkylation sites (tertiary alicyclic amines) is 1. The fraction of sp³-hybridized carbons (Fsp3) is 0.600. The molecule has 1 aliphatic heterocycles. The third-order valence-corrected chi connectivity index (χ3v) is 5.16. The molecule has 0 aromatic heterocycles. The summed E-state index contributed by atoms with van der Waals surface area (Å²) < 4.78 is 77.7. The zero-order valence-corrected chi connectivity index (χ0v) is 17.5. The molecule has 1 saturated heterocycles. The normalized spacial score (nSPS) is 16.0. The standard InChI is InChI=1S/C20H26F6N4O2/c1-2-27-18(32)28-5-8-30-6-3-13(4-7-30)12-29-17(31)14-9-15(19(21,22)23)11-16(10-14)20(24,25)26/h9-11,13H,2-8,12H2,1H3,(H,29,31)(H2,27,28,32). The van der Waals surface area contributed by atoms with Crippen LogP contribution in [-0.2, 0) is 12.4 Å². The Balaban J connectivity index is 1.86. The monoisotopic (exact) mass is 468 g/mol. The van der Waals surface area contributed by atoms with Gasteiger partial charge in [-0.25, -0.2) is 4.79 Å². The predicted molar refractivity (Wildman–Crippen MR) is 105 cm³/mol. The van der Waals surface area contributed by atoms with Crippen LogP contribution in [0.15, 0.2) is 18.2 Å². The van der Waals surface area contributed by atoms with E-state index < -0.39 is 35.0 Å². The van der Waals surface area contributed by atoms with Crippen molar-refractivity contribution in [1.29, 1.82) is 0 Å². The van der Waals surface area contributed by atoms with Crippen LogP contribution in [0.2, 0.25) is 0 Å². The minimum absolute atomic E-state index is 0.00670. The Morgan fingerprint density at radius 3 is 2.00 bits per heavy atom. The zero-order chi connectivity index (χ0) is 23.9. The molecule has 3 N–H and O–H groups in total. The van der Waals surface area contributed by atoms with Gasteiger partial charge in [0.25, 0.3) is 5.91 Å². The van der Waals surface area contributed by atoms with E-state index in [4.69, 9.17) is 0 Å². The van der Waals surface area contributed by atoms with Crippen molar-refractivity contribution >= 4 is 11.9 Å². The van der Waals surface area contributed by atoms with Gasteiger partial charge in [-0.2, -0.15) is 26.3 Å². The number of carbonyl (C=O) groups is 2. The first-order valence-corrected chi connectivity index (χ1v) is 10.2. The molecule has 0 bridgehead atoms. The highest BCUT2D eigenvalue weighted by atomic mass is 19.4. The number of carbonyl (C=O) groups excluding carboxylic acids is 2. The second kappa shape index (κ2) is 10.9. The summed E-state index contributed by atoms with van der Waals surface area (Å²) in [5, 5.41) is 7.80. The molecule has 0 saturated carbocycles. The van der Waals surface area contributed by atoms with Crippen LogP contribution in [0.25, 0.3) is 0 Å². The smallest absolute Gasteiger partial charge is 0.352 e. The maximum Gasteiger partial charge on any atom is 0.416 e. The van der Waals surface area contributed by atoms with Crippen molar-refractivity contribution in [2.75, 3.05) is 39.3 Å². The molecule has 0 atom stereocenters. The molecule has 2 rings (SSSR count). The Hall–Kier alpha value is -2.50. The van der Waals surface area contributed by atoms with E-state index in [2.05, 4.69) is 20.9 Å². The van der Waals surface area contributed by atoms with Gasteiger partial charge in [0.1, 0.15) is 0 Å². The second-order valence-corrected chi connectivity index (χ2v) is 7.58. The van der Waals surface area contributed by atoms with E-state index in [0.29, 0.717) is 57.7 Å². The molecule has 3 amide bonds. The van der Waals surface area contributed by atoms with Crippen LogP contribution in [0.3, 0.4) is 0 Å². The largest absolute Gasteiger partial charge is 0.416 e. The van der Waals surface area contributed by atoms with Crippen molar-refractivity contribution in [1.82, 2.24) is 20.9 Å². The number of benzene rings is 1. The predicted octanol–water partition coefficient (Wildman–Crippen LogP) is 3.49. The maximum atomic E-state index is 13.0. The summed E-state index contributed by atoms with van der Waals surface area (Å²) in [5.41, 5.74) is -3.72. The van der Waals surface area contributed by atoms with Crippen LogP contribution in [0.4, 0.5) is 31.1 Å². The Morgan fingerprint density at radius 1 is 0.938 bits per heavy atom. The number of nitrogens with zero attached hydrogens (tertiary/aromatic N) is 1. The van der Waals surface area contributed by atoms with Crippen LogP contribution in [0.5, 0.6) is 0 Å². The van der Waals surface area contributed by atoms with Crippen molar-refractivity contribution in [3.05, 3.63) is 34.9 Å². The van der Waals surface area contributed by atoms with E-state index in [1.165, 1.54) is 0 Å². The number of piperidine rings is 1. The van der Waals surface area contributed by atoms with Crippen molar-refractivity contribution < 1.29 is 35.9 Å². The van der Waals surface area contributed by atoms with E-state index in [1.807, 2.05) is 6.92 Å². The zero-order valence-electron chi connectivity index (χ0n) is 17.5. The van der Waals surface area contributed by atoms with Gasteiger partial charge in [-0.15, -0.1) is 0 Å². The molecule has 32 heavy (non-hydrogen) atoms. The first-order valence-electron chi connectivity index (χ1n) is 10.2. The van der Waals surface area contributed by atoms with Gasteiger partial charge in [0, 0.05) is 31.7 Å². The van der Waals surface area contributed by atoms with E-state index in [0.717, 1.165) is 0 Å². The summed E-state index contributed by atoms with van der Waals surface area (Å²) in [6, 6.07) is 0.602. The molecule has 1 heterocycles. The number of alkyl halides is 6. The van der Waals surface area contributed by atoms with Crippen molar-refractivity contribution in [3.63, 3.8) is 0 Å². The lowest BCUT2D eigenvalue weighted by molar-refractivity contribution is -0.143. The van der Waals surface area contributed by atoms with Gasteiger partial charge in [0.2, 0.25) is 0 Å². The molecule has 0 spiro atoms. The van der Waals surface area contributed by atoms with Crippen LogP contribution in [0.1, 0.15) is 41.3 Å². The fourth-order valence-corrected chi connectivity index (χ4v) is 3.39. The van der Waals surface area contributed by atoms with Crippen molar-refractivity contribution in [3.8, 4) is 0 Å². The minimum Gasteiger partial charge on any atom is -0.352 e. The summed E-state index contributed by atoms with van der Waals surface area (Å²) in [5.74, 6) is -0.922. The number of hydrogen-bond acceptors (Lipinski definition) is 3. The van der Waals surface area contributed by atoms with Crippen LogP contribution in [0, 0.1) is 5.92 Å². The molecule has 1 aliphatic rings. The van der Waals surface area contributed by atoms with Crippen molar-refractivity contribution in [2.24, 2.45) is 5.92 Å². The Labute approximate surface area is 181 Å². The summed E-state index contributed by atoms with van der Waals surface area (Å²) in [6.45, 7) is 5.04. The molecule has 180 valence electrons. The minimum atomic E-state index is -5.00. The molecule has 0 aliphatic carbocycles. The Bertz CT molecular complexity index is 757. The molecule has 0 radical (unpaired) electrons. The summed E-state index contributed by atoms with van der Waals surface area (Å²) in [4.78, 5) is 25.7. The van der Waals surface area contributed by atoms with Gasteiger partial charge in [-0.05, 0) is 57.0 Å². The maximum absolute atomic E-state index is 13.0. The lowest BCUT2D eigenvalue weighted by Gasteiger charge is -2.32. The number of hydrogen-bond donors (Lipinski definition) is 3. The molecule has 1 aromatic rings. The molecule has 1 aromatic carbocycles. The topological polar surface area (TPSA) is 73.5 Å². The molecule has 1 fully saturated rings. The van der Waals surface area contributed by atoms with E-state index in [9.17, 15) is 35.9 Å². The molecule has 12 heteroatoms. The third-order valence-electron chi connectivity index (χ3n) is 5.16. The summed E-state index contributed by atoms with van der Waals surface area (Å²) in [7, 11) is 0. The first kappa shape index (κ1) is 25.8. The third kappa shape index (κ3) is 7.88. The van der Waals surface area contributed by atoms with Gasteiger partial charge in [0.05, 0.1) is 11.1 Å². The Morgan fingerprint density at radius 2 is 1.50 bits per heavy atom. The molecule has 0 unspecified atom stereocenters. The highest BCUT2D eigenvalue weighted by molar-refractivity contribution is 5.94. The molecular weight excluding hydrogens is 442 g/mol. The van der Waals surface area contributed by atoms with Gasteiger partial charge in [0.15, 0.2) is 0 Å². The van der Waals surface area contributed by atoms with Crippen LogP contribution < -0.4 is 16.0 Å². The van der Waals surface area contributed by atoms with Crippen molar-refractivity contribution in [2.45, 2.75) is 32.1 Å². The van der Waals surface area contributed by atoms with Gasteiger partial charge in [-0.3, -0.25) is 4.79 Å². The van der Waals surface area contributed by atoms with Crippen LogP contribution >= 0.6 is 0 Å². The fourth-order valence-electron chi connectivity index (χ4n) is 3.39. The summed E-state index contributed by atoms with van der Waals surface area (Å²) >= 11 is 0.